The fourth-order valence-corrected chi connectivity index (χ4v) is 2.38. The van der Waals surface area contributed by atoms with E-state index in [4.69, 9.17) is 22.7 Å². The Morgan fingerprint density at radius 1 is 1.29 bits per heavy atom. The highest BCUT2D eigenvalue weighted by Gasteiger charge is 2.34. The smallest absolute Gasteiger partial charge is 0.169 e. The van der Waals surface area contributed by atoms with Crippen molar-refractivity contribution in [2.24, 2.45) is 10.8 Å². The molecule has 3 nitrogen and oxygen atoms in total. The van der Waals surface area contributed by atoms with Crippen LogP contribution in [-0.4, -0.2) is 12.0 Å². The SMILES string of the molecule is CC(C)(C)CC[C@](C)(CC=N)C(=O)c1ccc(N)c(Cl)c1. The van der Waals surface area contributed by atoms with Gasteiger partial charge in [-0.05, 0) is 49.1 Å². The first-order chi connectivity index (χ1) is 9.59. The van der Waals surface area contributed by atoms with Gasteiger partial charge < -0.3 is 11.1 Å². The molecule has 0 aliphatic carbocycles. The molecule has 116 valence electrons. The van der Waals surface area contributed by atoms with Crippen LogP contribution >= 0.6 is 11.6 Å². The van der Waals surface area contributed by atoms with Gasteiger partial charge in [0.2, 0.25) is 0 Å². The summed E-state index contributed by atoms with van der Waals surface area (Å²) in [6.07, 6.45) is 3.42. The van der Waals surface area contributed by atoms with E-state index in [2.05, 4.69) is 20.8 Å². The Hall–Kier alpha value is -1.35. The van der Waals surface area contributed by atoms with Crippen molar-refractivity contribution in [1.82, 2.24) is 0 Å². The molecule has 0 heterocycles. The zero-order valence-electron chi connectivity index (χ0n) is 13.3. The molecule has 0 saturated heterocycles. The summed E-state index contributed by atoms with van der Waals surface area (Å²) in [6, 6.07) is 4.99. The molecular formula is C17H25ClN2O. The fraction of sp³-hybridized carbons (Fsp3) is 0.529. The number of Topliss-reactive ketones (excluding diaryl/α,β-unsaturated/α-hetero) is 1. The molecular weight excluding hydrogens is 284 g/mol. The van der Waals surface area contributed by atoms with E-state index in [0.717, 1.165) is 12.8 Å². The van der Waals surface area contributed by atoms with Crippen molar-refractivity contribution in [3.05, 3.63) is 28.8 Å². The van der Waals surface area contributed by atoms with E-state index < -0.39 is 5.41 Å². The topological polar surface area (TPSA) is 66.9 Å². The monoisotopic (exact) mass is 308 g/mol. The van der Waals surface area contributed by atoms with Gasteiger partial charge in [0.25, 0.3) is 0 Å². The van der Waals surface area contributed by atoms with Crippen molar-refractivity contribution in [2.45, 2.75) is 47.0 Å². The molecule has 0 unspecified atom stereocenters. The average Bonchev–Trinajstić information content (AvgIpc) is 2.38. The lowest BCUT2D eigenvalue weighted by Gasteiger charge is -2.30. The minimum atomic E-state index is -0.575. The van der Waals surface area contributed by atoms with Crippen LogP contribution in [0.4, 0.5) is 5.69 Å². The maximum Gasteiger partial charge on any atom is 0.169 e. The number of carbonyl (C=O) groups is 1. The summed E-state index contributed by atoms with van der Waals surface area (Å²) in [5.74, 6) is 0.0251. The van der Waals surface area contributed by atoms with E-state index in [1.54, 1.807) is 18.2 Å². The number of benzene rings is 1. The van der Waals surface area contributed by atoms with E-state index in [0.29, 0.717) is 22.7 Å². The van der Waals surface area contributed by atoms with Crippen molar-refractivity contribution >= 4 is 29.3 Å². The summed E-state index contributed by atoms with van der Waals surface area (Å²) in [6.45, 7) is 8.39. The first kappa shape index (κ1) is 17.7. The molecule has 1 aromatic rings. The van der Waals surface area contributed by atoms with E-state index in [9.17, 15) is 4.79 Å². The first-order valence-corrected chi connectivity index (χ1v) is 7.56. The molecule has 4 heteroatoms. The predicted octanol–water partition coefficient (Wildman–Crippen LogP) is 4.98. The number of carbonyl (C=O) groups excluding carboxylic acids is 1. The van der Waals surface area contributed by atoms with Gasteiger partial charge in [0.05, 0.1) is 10.7 Å². The van der Waals surface area contributed by atoms with Crippen LogP contribution in [0.3, 0.4) is 0 Å². The third-order valence-corrected chi connectivity index (χ3v) is 4.12. The number of halogens is 1. The minimum absolute atomic E-state index is 0.0251. The lowest BCUT2D eigenvalue weighted by Crippen LogP contribution is -2.30. The molecule has 0 spiro atoms. The molecule has 0 saturated carbocycles. The Labute approximate surface area is 132 Å². The molecule has 1 atom stereocenters. The van der Waals surface area contributed by atoms with E-state index in [-0.39, 0.29) is 11.2 Å². The molecule has 0 aliphatic rings. The second-order valence-electron chi connectivity index (χ2n) is 7.09. The first-order valence-electron chi connectivity index (χ1n) is 7.18. The largest absolute Gasteiger partial charge is 0.398 e. The minimum Gasteiger partial charge on any atom is -0.398 e. The van der Waals surface area contributed by atoms with Gasteiger partial charge in [-0.15, -0.1) is 0 Å². The Balaban J connectivity index is 3.05. The molecule has 1 rings (SSSR count). The summed E-state index contributed by atoms with van der Waals surface area (Å²) in [5, 5.41) is 7.80. The molecule has 0 radical (unpaired) electrons. The van der Waals surface area contributed by atoms with Gasteiger partial charge in [0.15, 0.2) is 5.78 Å². The van der Waals surface area contributed by atoms with Crippen molar-refractivity contribution in [1.29, 1.82) is 5.41 Å². The fourth-order valence-electron chi connectivity index (χ4n) is 2.20. The van der Waals surface area contributed by atoms with Crippen molar-refractivity contribution in [3.8, 4) is 0 Å². The number of rotatable bonds is 6. The second-order valence-corrected chi connectivity index (χ2v) is 7.50. The summed E-state index contributed by atoms with van der Waals surface area (Å²) in [7, 11) is 0. The Bertz CT molecular complexity index is 534. The molecule has 21 heavy (non-hydrogen) atoms. The normalized spacial score (nSPS) is 14.5. The number of ketones is 1. The third kappa shape index (κ3) is 4.85. The van der Waals surface area contributed by atoms with Crippen LogP contribution in [0.5, 0.6) is 0 Å². The molecule has 0 amide bonds. The molecule has 0 aromatic heterocycles. The highest BCUT2D eigenvalue weighted by molar-refractivity contribution is 6.33. The standard InChI is InChI=1S/C17H25ClN2O/c1-16(2,3)7-8-17(4,9-10-19)15(21)12-5-6-14(20)13(18)11-12/h5-6,10-11,19H,7-9,20H2,1-4H3/t17-/m1/s1. The maximum absolute atomic E-state index is 12.8. The van der Waals surface area contributed by atoms with Crippen LogP contribution < -0.4 is 5.73 Å². The zero-order valence-corrected chi connectivity index (χ0v) is 14.1. The Morgan fingerprint density at radius 3 is 2.38 bits per heavy atom. The van der Waals surface area contributed by atoms with Gasteiger partial charge in [0.1, 0.15) is 0 Å². The quantitative estimate of drug-likeness (QED) is 0.442. The highest BCUT2D eigenvalue weighted by Crippen LogP contribution is 2.36. The van der Waals surface area contributed by atoms with E-state index in [1.165, 1.54) is 6.21 Å². The Kier molecular flexibility index (Phi) is 5.57. The van der Waals surface area contributed by atoms with Crippen LogP contribution in [0, 0.1) is 16.2 Å². The van der Waals surface area contributed by atoms with Gasteiger partial charge >= 0.3 is 0 Å². The number of nitrogens with one attached hydrogen (secondary N) is 1. The summed E-state index contributed by atoms with van der Waals surface area (Å²) < 4.78 is 0. The van der Waals surface area contributed by atoms with Crippen molar-refractivity contribution < 1.29 is 4.79 Å². The van der Waals surface area contributed by atoms with Crippen LogP contribution in [-0.2, 0) is 0 Å². The Morgan fingerprint density at radius 2 is 1.90 bits per heavy atom. The lowest BCUT2D eigenvalue weighted by molar-refractivity contribution is 0.0793. The third-order valence-electron chi connectivity index (χ3n) is 3.79. The van der Waals surface area contributed by atoms with Gasteiger partial charge in [-0.2, -0.15) is 0 Å². The van der Waals surface area contributed by atoms with Crippen molar-refractivity contribution in [2.75, 3.05) is 5.73 Å². The average molecular weight is 309 g/mol. The summed E-state index contributed by atoms with van der Waals surface area (Å²) >= 11 is 6.01. The number of nitrogens with two attached hydrogens (primary N) is 1. The van der Waals surface area contributed by atoms with Crippen LogP contribution in [0.2, 0.25) is 5.02 Å². The van der Waals surface area contributed by atoms with Crippen molar-refractivity contribution in [3.63, 3.8) is 0 Å². The van der Waals surface area contributed by atoms with Crippen LogP contribution in [0.1, 0.15) is 57.3 Å². The highest BCUT2D eigenvalue weighted by atomic mass is 35.5. The number of hydrogen-bond acceptors (Lipinski definition) is 3. The predicted molar refractivity (Wildman–Crippen MR) is 90.4 cm³/mol. The number of nitrogen functional groups attached to an aromatic ring is 1. The molecule has 1 aromatic carbocycles. The lowest BCUT2D eigenvalue weighted by atomic mass is 9.72. The summed E-state index contributed by atoms with van der Waals surface area (Å²) in [5.41, 5.74) is 6.30. The van der Waals surface area contributed by atoms with Crippen LogP contribution in [0.25, 0.3) is 0 Å². The van der Waals surface area contributed by atoms with E-state index >= 15 is 0 Å². The number of hydrogen-bond donors (Lipinski definition) is 2. The molecule has 0 bridgehead atoms. The summed E-state index contributed by atoms with van der Waals surface area (Å²) in [4.78, 5) is 12.8. The molecule has 0 fully saturated rings. The van der Waals surface area contributed by atoms with E-state index in [1.807, 2.05) is 6.92 Å². The van der Waals surface area contributed by atoms with Crippen LogP contribution in [0.15, 0.2) is 18.2 Å². The second kappa shape index (κ2) is 6.61. The zero-order chi connectivity index (χ0) is 16.3. The number of anilines is 1. The molecule has 0 aliphatic heterocycles. The van der Waals surface area contributed by atoms with Gasteiger partial charge in [0, 0.05) is 11.0 Å². The molecule has 3 N–H and O–H groups in total. The maximum atomic E-state index is 12.8. The van der Waals surface area contributed by atoms with Gasteiger partial charge in [-0.1, -0.05) is 39.3 Å². The van der Waals surface area contributed by atoms with Gasteiger partial charge in [-0.25, -0.2) is 0 Å². The van der Waals surface area contributed by atoms with Gasteiger partial charge in [-0.3, -0.25) is 4.79 Å².